The lowest BCUT2D eigenvalue weighted by Gasteiger charge is -2.25. The van der Waals surface area contributed by atoms with Gasteiger partial charge in [-0.25, -0.2) is 0 Å². The van der Waals surface area contributed by atoms with E-state index in [1.54, 1.807) is 0 Å². The van der Waals surface area contributed by atoms with Gasteiger partial charge in [0.25, 0.3) is 5.91 Å². The van der Waals surface area contributed by atoms with Crippen molar-refractivity contribution in [2.75, 3.05) is 13.1 Å². The van der Waals surface area contributed by atoms with E-state index in [0.717, 1.165) is 38.8 Å². The molecule has 1 fully saturated rings. The Bertz CT molecular complexity index is 446. The van der Waals surface area contributed by atoms with Crippen LogP contribution in [0, 0.1) is 0 Å². The van der Waals surface area contributed by atoms with Crippen LogP contribution in [0.15, 0.2) is 12.3 Å². The number of piperidine rings is 1. The minimum atomic E-state index is -0.179. The largest absolute Gasteiger partial charge is 0.346 e. The molecule has 0 saturated carbocycles. The highest BCUT2D eigenvalue weighted by atomic mass is 16.2. The van der Waals surface area contributed by atoms with Gasteiger partial charge >= 0.3 is 0 Å². The van der Waals surface area contributed by atoms with Gasteiger partial charge < -0.3 is 10.6 Å². The van der Waals surface area contributed by atoms with Crippen molar-refractivity contribution in [3.8, 4) is 0 Å². The Hall–Kier alpha value is -1.36. The van der Waals surface area contributed by atoms with Crippen molar-refractivity contribution < 1.29 is 4.79 Å². The topological polar surface area (TPSA) is 59.0 Å². The van der Waals surface area contributed by atoms with Crippen LogP contribution in [0.25, 0.3) is 0 Å². The van der Waals surface area contributed by atoms with Crippen LogP contribution in [-0.2, 0) is 0 Å². The van der Waals surface area contributed by atoms with E-state index in [1.807, 2.05) is 16.9 Å². The predicted molar refractivity (Wildman–Crippen MR) is 79.8 cm³/mol. The number of hydrogen-bond donors (Lipinski definition) is 2. The van der Waals surface area contributed by atoms with Gasteiger partial charge in [-0.15, -0.1) is 0 Å². The summed E-state index contributed by atoms with van der Waals surface area (Å²) in [5.74, 6) is -0.0778. The van der Waals surface area contributed by atoms with Crippen LogP contribution in [0.3, 0.4) is 0 Å². The third-order valence-electron chi connectivity index (χ3n) is 3.81. The molecule has 0 aliphatic carbocycles. The minimum Gasteiger partial charge on any atom is -0.346 e. The molecular weight excluding hydrogens is 252 g/mol. The fourth-order valence-electron chi connectivity index (χ4n) is 2.78. The average Bonchev–Trinajstić information content (AvgIpc) is 2.88. The van der Waals surface area contributed by atoms with Gasteiger partial charge in [-0.3, -0.25) is 9.48 Å². The molecule has 2 N–H and O–H groups in total. The standard InChI is InChI=1S/C15H26N4O/c1-4-8-15(2,3)17-14(20)13-7-10-19(18-13)12-6-5-9-16-11-12/h7,10,12,16H,4-6,8-9,11H2,1-3H3,(H,17,20). The molecule has 2 rings (SSSR count). The highest BCUT2D eigenvalue weighted by molar-refractivity contribution is 5.92. The number of hydrogen-bond acceptors (Lipinski definition) is 3. The third-order valence-corrected chi connectivity index (χ3v) is 3.81. The van der Waals surface area contributed by atoms with Gasteiger partial charge in [0, 0.05) is 18.3 Å². The number of nitrogens with zero attached hydrogens (tertiary/aromatic N) is 2. The zero-order chi connectivity index (χ0) is 14.6. The van der Waals surface area contributed by atoms with Crippen LogP contribution >= 0.6 is 0 Å². The van der Waals surface area contributed by atoms with Gasteiger partial charge in [0.1, 0.15) is 5.69 Å². The van der Waals surface area contributed by atoms with Gasteiger partial charge in [-0.2, -0.15) is 5.10 Å². The first kappa shape index (κ1) is 15.0. The lowest BCUT2D eigenvalue weighted by Crippen LogP contribution is -2.43. The summed E-state index contributed by atoms with van der Waals surface area (Å²) in [7, 11) is 0. The summed E-state index contributed by atoms with van der Waals surface area (Å²) in [5.41, 5.74) is 0.335. The molecule has 1 aromatic rings. The summed E-state index contributed by atoms with van der Waals surface area (Å²) >= 11 is 0. The monoisotopic (exact) mass is 278 g/mol. The lowest BCUT2D eigenvalue weighted by atomic mass is 9.99. The zero-order valence-corrected chi connectivity index (χ0v) is 12.8. The Morgan fingerprint density at radius 2 is 2.40 bits per heavy atom. The summed E-state index contributed by atoms with van der Waals surface area (Å²) in [6.07, 6.45) is 6.22. The minimum absolute atomic E-state index is 0.0778. The Morgan fingerprint density at radius 3 is 3.05 bits per heavy atom. The maximum atomic E-state index is 12.2. The third kappa shape index (κ3) is 3.82. The van der Waals surface area contributed by atoms with Gasteiger partial charge in [0.15, 0.2) is 0 Å². The SMILES string of the molecule is CCCC(C)(C)NC(=O)c1ccn(C2CCCNC2)n1. The molecule has 112 valence electrons. The highest BCUT2D eigenvalue weighted by Crippen LogP contribution is 2.16. The van der Waals surface area contributed by atoms with E-state index in [1.165, 1.54) is 0 Å². The van der Waals surface area contributed by atoms with E-state index >= 15 is 0 Å². The fourth-order valence-corrected chi connectivity index (χ4v) is 2.78. The molecule has 1 aromatic heterocycles. The zero-order valence-electron chi connectivity index (χ0n) is 12.8. The van der Waals surface area contributed by atoms with Crippen molar-refractivity contribution >= 4 is 5.91 Å². The Balaban J connectivity index is 1.99. The first-order valence-electron chi connectivity index (χ1n) is 7.60. The van der Waals surface area contributed by atoms with E-state index < -0.39 is 0 Å². The van der Waals surface area contributed by atoms with Crippen LogP contribution in [0.5, 0.6) is 0 Å². The molecule has 2 heterocycles. The van der Waals surface area contributed by atoms with Crippen molar-refractivity contribution in [2.24, 2.45) is 0 Å². The quantitative estimate of drug-likeness (QED) is 0.867. The molecule has 1 atom stereocenters. The molecule has 0 spiro atoms. The van der Waals surface area contributed by atoms with Crippen molar-refractivity contribution in [1.29, 1.82) is 0 Å². The van der Waals surface area contributed by atoms with Crippen LogP contribution in [-0.4, -0.2) is 34.3 Å². The Morgan fingerprint density at radius 1 is 1.60 bits per heavy atom. The Kier molecular flexibility index (Phi) is 4.81. The number of carbonyl (C=O) groups excluding carboxylic acids is 1. The number of carbonyl (C=O) groups is 1. The van der Waals surface area contributed by atoms with Crippen molar-refractivity contribution in [2.45, 2.75) is 58.0 Å². The fraction of sp³-hybridized carbons (Fsp3) is 0.733. The lowest BCUT2D eigenvalue weighted by molar-refractivity contribution is 0.0902. The van der Waals surface area contributed by atoms with Crippen molar-refractivity contribution in [3.05, 3.63) is 18.0 Å². The molecular formula is C15H26N4O. The molecule has 1 aliphatic rings. The Labute approximate surface area is 121 Å². The highest BCUT2D eigenvalue weighted by Gasteiger charge is 2.22. The number of aromatic nitrogens is 2. The van der Waals surface area contributed by atoms with E-state index in [4.69, 9.17) is 0 Å². The van der Waals surface area contributed by atoms with Crippen LogP contribution < -0.4 is 10.6 Å². The maximum absolute atomic E-state index is 12.2. The van der Waals surface area contributed by atoms with Gasteiger partial charge in [-0.05, 0) is 45.7 Å². The second kappa shape index (κ2) is 6.39. The van der Waals surface area contributed by atoms with E-state index in [0.29, 0.717) is 11.7 Å². The number of rotatable bonds is 5. The summed E-state index contributed by atoms with van der Waals surface area (Å²) in [5, 5.41) is 10.9. The second-order valence-electron chi connectivity index (χ2n) is 6.27. The summed E-state index contributed by atoms with van der Waals surface area (Å²) in [4.78, 5) is 12.2. The second-order valence-corrected chi connectivity index (χ2v) is 6.27. The number of amides is 1. The van der Waals surface area contributed by atoms with Crippen LogP contribution in [0.1, 0.15) is 63.0 Å². The first-order valence-corrected chi connectivity index (χ1v) is 7.60. The first-order chi connectivity index (χ1) is 9.52. The summed E-state index contributed by atoms with van der Waals surface area (Å²) < 4.78 is 1.92. The molecule has 20 heavy (non-hydrogen) atoms. The summed E-state index contributed by atoms with van der Waals surface area (Å²) in [6.45, 7) is 8.24. The van der Waals surface area contributed by atoms with E-state index in [9.17, 15) is 4.79 Å². The van der Waals surface area contributed by atoms with Gasteiger partial charge in [0.05, 0.1) is 6.04 Å². The molecule has 0 radical (unpaired) electrons. The molecule has 5 nitrogen and oxygen atoms in total. The molecule has 0 bridgehead atoms. The number of nitrogens with one attached hydrogen (secondary N) is 2. The molecule has 1 saturated heterocycles. The van der Waals surface area contributed by atoms with Crippen LogP contribution in [0.4, 0.5) is 0 Å². The van der Waals surface area contributed by atoms with Crippen molar-refractivity contribution in [1.82, 2.24) is 20.4 Å². The molecule has 1 aliphatic heterocycles. The van der Waals surface area contributed by atoms with Gasteiger partial charge in [0.2, 0.25) is 0 Å². The molecule has 5 heteroatoms. The average molecular weight is 278 g/mol. The molecule has 0 aromatic carbocycles. The van der Waals surface area contributed by atoms with E-state index in [-0.39, 0.29) is 11.4 Å². The van der Waals surface area contributed by atoms with Crippen molar-refractivity contribution in [3.63, 3.8) is 0 Å². The normalized spacial score (nSPS) is 19.9. The summed E-state index contributed by atoms with van der Waals surface area (Å²) in [6, 6.07) is 2.18. The molecule has 1 unspecified atom stereocenters. The van der Waals surface area contributed by atoms with Crippen LogP contribution in [0.2, 0.25) is 0 Å². The maximum Gasteiger partial charge on any atom is 0.272 e. The van der Waals surface area contributed by atoms with E-state index in [2.05, 4.69) is 36.5 Å². The van der Waals surface area contributed by atoms with Gasteiger partial charge in [-0.1, -0.05) is 13.3 Å². The predicted octanol–water partition coefficient (Wildman–Crippen LogP) is 2.12. The smallest absolute Gasteiger partial charge is 0.272 e. The molecule has 1 amide bonds.